The van der Waals surface area contributed by atoms with E-state index in [1.807, 2.05) is 0 Å². The quantitative estimate of drug-likeness (QED) is 0.872. The molecule has 4 heteroatoms. The summed E-state index contributed by atoms with van der Waals surface area (Å²) in [6, 6.07) is 3.57. The van der Waals surface area contributed by atoms with E-state index in [0.717, 1.165) is 44.2 Å². The Labute approximate surface area is 106 Å². The molecule has 0 saturated heterocycles. The molecule has 0 spiro atoms. The fourth-order valence-electron chi connectivity index (χ4n) is 2.88. The summed E-state index contributed by atoms with van der Waals surface area (Å²) in [5.74, 6) is -1.81. The number of hydrogen-bond donors (Lipinski definition) is 2. The van der Waals surface area contributed by atoms with Gasteiger partial charge in [-0.1, -0.05) is 25.3 Å². The van der Waals surface area contributed by atoms with Gasteiger partial charge < -0.3 is 10.8 Å². The molecule has 1 aliphatic carbocycles. The Morgan fingerprint density at radius 2 is 1.83 bits per heavy atom. The summed E-state index contributed by atoms with van der Waals surface area (Å²) in [7, 11) is 0. The van der Waals surface area contributed by atoms with Gasteiger partial charge in [0.25, 0.3) is 0 Å². The zero-order chi connectivity index (χ0) is 13.2. The van der Waals surface area contributed by atoms with E-state index in [2.05, 4.69) is 0 Å². The van der Waals surface area contributed by atoms with Crippen LogP contribution in [-0.2, 0) is 0 Å². The minimum absolute atomic E-state index is 0.368. The molecule has 0 aliphatic heterocycles. The first-order valence-electron chi connectivity index (χ1n) is 6.42. The van der Waals surface area contributed by atoms with Crippen LogP contribution in [0.25, 0.3) is 0 Å². The Morgan fingerprint density at radius 3 is 2.39 bits per heavy atom. The van der Waals surface area contributed by atoms with Gasteiger partial charge in [-0.3, -0.25) is 0 Å². The fraction of sp³-hybridized carbons (Fsp3) is 0.571. The van der Waals surface area contributed by atoms with Crippen molar-refractivity contribution in [3.8, 4) is 0 Å². The lowest BCUT2D eigenvalue weighted by Gasteiger charge is -2.40. The molecular formula is C14H19F2NO. The first-order valence-corrected chi connectivity index (χ1v) is 6.42. The van der Waals surface area contributed by atoms with E-state index in [9.17, 15) is 13.9 Å². The first-order chi connectivity index (χ1) is 8.59. The first kappa shape index (κ1) is 13.4. The Hall–Kier alpha value is -1.00. The lowest BCUT2D eigenvalue weighted by Crippen LogP contribution is -2.38. The van der Waals surface area contributed by atoms with Gasteiger partial charge in [0.2, 0.25) is 0 Å². The smallest absolute Gasteiger partial charge is 0.159 e. The molecule has 0 heterocycles. The predicted molar refractivity (Wildman–Crippen MR) is 65.9 cm³/mol. The highest BCUT2D eigenvalue weighted by Gasteiger charge is 2.38. The molecule has 18 heavy (non-hydrogen) atoms. The Balaban J connectivity index is 2.27. The SMILES string of the molecule is NCC1(C(O)c2ccc(F)c(F)c2)CCCCC1. The van der Waals surface area contributed by atoms with Crippen molar-refractivity contribution in [2.75, 3.05) is 6.54 Å². The van der Waals surface area contributed by atoms with Crippen LogP contribution in [0, 0.1) is 17.0 Å². The standard InChI is InChI=1S/C14H19F2NO/c15-11-5-4-10(8-12(11)16)13(18)14(9-17)6-2-1-3-7-14/h4-5,8,13,18H,1-3,6-7,9,17H2. The van der Waals surface area contributed by atoms with Crippen LogP contribution < -0.4 is 5.73 Å². The van der Waals surface area contributed by atoms with Crippen molar-refractivity contribution in [2.24, 2.45) is 11.1 Å². The Kier molecular flexibility index (Phi) is 3.97. The van der Waals surface area contributed by atoms with E-state index in [1.165, 1.54) is 6.07 Å². The molecule has 0 radical (unpaired) electrons. The normalized spacial score (nSPS) is 20.7. The summed E-state index contributed by atoms with van der Waals surface area (Å²) in [4.78, 5) is 0. The second-order valence-corrected chi connectivity index (χ2v) is 5.20. The summed E-state index contributed by atoms with van der Waals surface area (Å²) >= 11 is 0. The molecule has 100 valence electrons. The topological polar surface area (TPSA) is 46.2 Å². The Morgan fingerprint density at radius 1 is 1.17 bits per heavy atom. The Bertz CT molecular complexity index is 416. The molecule has 0 bridgehead atoms. The summed E-state index contributed by atoms with van der Waals surface area (Å²) in [6.07, 6.45) is 4.05. The largest absolute Gasteiger partial charge is 0.388 e. The summed E-state index contributed by atoms with van der Waals surface area (Å²) in [5, 5.41) is 10.4. The highest BCUT2D eigenvalue weighted by Crippen LogP contribution is 2.45. The monoisotopic (exact) mass is 255 g/mol. The second-order valence-electron chi connectivity index (χ2n) is 5.20. The molecule has 1 aliphatic rings. The third-order valence-corrected chi connectivity index (χ3v) is 4.10. The van der Waals surface area contributed by atoms with E-state index in [-0.39, 0.29) is 5.41 Å². The van der Waals surface area contributed by atoms with Crippen molar-refractivity contribution in [1.82, 2.24) is 0 Å². The second kappa shape index (κ2) is 5.33. The molecule has 1 fully saturated rings. The summed E-state index contributed by atoms with van der Waals surface area (Å²) in [5.41, 5.74) is 5.85. The zero-order valence-electron chi connectivity index (χ0n) is 10.3. The van der Waals surface area contributed by atoms with Crippen LogP contribution in [0.1, 0.15) is 43.8 Å². The van der Waals surface area contributed by atoms with Crippen LogP contribution in [0.15, 0.2) is 18.2 Å². The number of hydrogen-bond acceptors (Lipinski definition) is 2. The van der Waals surface area contributed by atoms with E-state index in [1.54, 1.807) is 0 Å². The van der Waals surface area contributed by atoms with Gasteiger partial charge in [0.05, 0.1) is 6.10 Å². The van der Waals surface area contributed by atoms with Crippen molar-refractivity contribution in [2.45, 2.75) is 38.2 Å². The molecule has 1 saturated carbocycles. The van der Waals surface area contributed by atoms with Gasteiger partial charge in [0.15, 0.2) is 11.6 Å². The van der Waals surface area contributed by atoms with Gasteiger partial charge in [0, 0.05) is 12.0 Å². The molecule has 1 aromatic carbocycles. The minimum atomic E-state index is -0.922. The third kappa shape index (κ3) is 2.40. The fourth-order valence-corrected chi connectivity index (χ4v) is 2.88. The molecule has 1 atom stereocenters. The molecule has 2 nitrogen and oxygen atoms in total. The van der Waals surface area contributed by atoms with Crippen LogP contribution >= 0.6 is 0 Å². The number of aliphatic hydroxyl groups is 1. The number of rotatable bonds is 3. The van der Waals surface area contributed by atoms with Crippen LogP contribution in [-0.4, -0.2) is 11.7 Å². The van der Waals surface area contributed by atoms with Gasteiger partial charge in [-0.05, 0) is 30.5 Å². The van der Waals surface area contributed by atoms with E-state index in [0.29, 0.717) is 12.1 Å². The number of benzene rings is 1. The average molecular weight is 255 g/mol. The van der Waals surface area contributed by atoms with Crippen molar-refractivity contribution in [3.05, 3.63) is 35.4 Å². The maximum Gasteiger partial charge on any atom is 0.159 e. The van der Waals surface area contributed by atoms with Crippen molar-refractivity contribution >= 4 is 0 Å². The average Bonchev–Trinajstić information content (AvgIpc) is 2.42. The predicted octanol–water partition coefficient (Wildman–Crippen LogP) is 2.91. The molecule has 2 rings (SSSR count). The van der Waals surface area contributed by atoms with Crippen LogP contribution in [0.3, 0.4) is 0 Å². The van der Waals surface area contributed by atoms with Crippen molar-refractivity contribution < 1.29 is 13.9 Å². The van der Waals surface area contributed by atoms with Gasteiger partial charge in [-0.25, -0.2) is 8.78 Å². The molecule has 0 aromatic heterocycles. The number of aliphatic hydroxyl groups excluding tert-OH is 1. The van der Waals surface area contributed by atoms with Gasteiger partial charge >= 0.3 is 0 Å². The number of halogens is 2. The van der Waals surface area contributed by atoms with Crippen LogP contribution in [0.2, 0.25) is 0 Å². The molecule has 3 N–H and O–H groups in total. The summed E-state index contributed by atoms with van der Waals surface area (Å²) in [6.45, 7) is 0.368. The van der Waals surface area contributed by atoms with Gasteiger partial charge in [0.1, 0.15) is 0 Å². The maximum atomic E-state index is 13.2. The summed E-state index contributed by atoms with van der Waals surface area (Å²) < 4.78 is 26.1. The highest BCUT2D eigenvalue weighted by atomic mass is 19.2. The van der Waals surface area contributed by atoms with Crippen molar-refractivity contribution in [3.63, 3.8) is 0 Å². The van der Waals surface area contributed by atoms with E-state index in [4.69, 9.17) is 5.73 Å². The third-order valence-electron chi connectivity index (χ3n) is 4.10. The lowest BCUT2D eigenvalue weighted by molar-refractivity contribution is 0.000457. The molecular weight excluding hydrogens is 236 g/mol. The van der Waals surface area contributed by atoms with Crippen LogP contribution in [0.5, 0.6) is 0 Å². The van der Waals surface area contributed by atoms with E-state index >= 15 is 0 Å². The van der Waals surface area contributed by atoms with Crippen LogP contribution in [0.4, 0.5) is 8.78 Å². The van der Waals surface area contributed by atoms with Gasteiger partial charge in [-0.2, -0.15) is 0 Å². The molecule has 1 aromatic rings. The number of nitrogens with two attached hydrogens (primary N) is 1. The highest BCUT2D eigenvalue weighted by molar-refractivity contribution is 5.22. The minimum Gasteiger partial charge on any atom is -0.388 e. The lowest BCUT2D eigenvalue weighted by atomic mass is 9.68. The zero-order valence-corrected chi connectivity index (χ0v) is 10.3. The van der Waals surface area contributed by atoms with Gasteiger partial charge in [-0.15, -0.1) is 0 Å². The van der Waals surface area contributed by atoms with E-state index < -0.39 is 17.7 Å². The molecule has 0 amide bonds. The maximum absolute atomic E-state index is 13.2. The molecule has 1 unspecified atom stereocenters. The van der Waals surface area contributed by atoms with Crippen molar-refractivity contribution in [1.29, 1.82) is 0 Å².